The van der Waals surface area contributed by atoms with Crippen molar-refractivity contribution >= 4 is 54.2 Å². The van der Waals surface area contributed by atoms with Crippen molar-refractivity contribution in [2.45, 2.75) is 23.6 Å². The summed E-state index contributed by atoms with van der Waals surface area (Å²) in [5, 5.41) is 11.4. The van der Waals surface area contributed by atoms with Crippen molar-refractivity contribution in [2.24, 2.45) is 0 Å². The molecule has 0 aliphatic rings. The van der Waals surface area contributed by atoms with Gasteiger partial charge in [-0.25, -0.2) is 4.79 Å². The van der Waals surface area contributed by atoms with E-state index in [9.17, 15) is 35.8 Å². The van der Waals surface area contributed by atoms with Crippen molar-refractivity contribution in [3.8, 4) is 5.75 Å². The molecule has 0 saturated heterocycles. The number of fused-ring (bicyclic) bond motifs is 1. The third-order valence-corrected chi connectivity index (χ3v) is 5.43. The molecule has 0 saturated carbocycles. The van der Waals surface area contributed by atoms with Gasteiger partial charge in [-0.3, -0.25) is 14.1 Å². The van der Waals surface area contributed by atoms with Gasteiger partial charge in [0.05, 0.1) is 10.6 Å². The number of phenolic OH excluding ortho intramolecular Hbond substituents is 1. The zero-order valence-electron chi connectivity index (χ0n) is 15.3. The van der Waals surface area contributed by atoms with Gasteiger partial charge in [0.1, 0.15) is 10.6 Å². The lowest BCUT2D eigenvalue weighted by atomic mass is 10.1. The standard InChI is InChI=1S/C13H9ClN4O8S2.C2H6/c14-11-16-12(18-13(20)17-11)15-8-2-1-6-7(10(8)28(24,25)26)3-5(4-9(6)19)27(21,22)23;1-2/h1-4,19H,(H,21,22,23)(H,24,25,26)(H2,15,16,17,18,20);1-2H3. The number of phenols is 1. The Kier molecular flexibility index (Phi) is 6.68. The fraction of sp³-hybridized carbons (Fsp3) is 0.133. The number of benzene rings is 2. The van der Waals surface area contributed by atoms with E-state index in [0.29, 0.717) is 6.07 Å². The van der Waals surface area contributed by atoms with Gasteiger partial charge >= 0.3 is 5.69 Å². The van der Waals surface area contributed by atoms with Crippen LogP contribution in [0, 0.1) is 0 Å². The number of aromatic hydroxyl groups is 1. The number of nitrogens with zero attached hydrogens (tertiary/aromatic N) is 2. The van der Waals surface area contributed by atoms with Crippen LogP contribution in [0.2, 0.25) is 5.28 Å². The van der Waals surface area contributed by atoms with Crippen LogP contribution in [0.15, 0.2) is 38.9 Å². The van der Waals surface area contributed by atoms with Crippen LogP contribution >= 0.6 is 11.6 Å². The number of aromatic nitrogens is 3. The Morgan fingerprint density at radius 2 is 1.63 bits per heavy atom. The summed E-state index contributed by atoms with van der Waals surface area (Å²) in [7, 11) is -9.81. The molecule has 0 unspecified atom stereocenters. The topological polar surface area (TPSA) is 200 Å². The lowest BCUT2D eigenvalue weighted by molar-refractivity contribution is 0.470. The first kappa shape index (κ1) is 23.5. The van der Waals surface area contributed by atoms with Crippen LogP contribution in [0.1, 0.15) is 13.8 Å². The SMILES string of the molecule is CC.O=c1nc(Nc2ccc3c(O)cc(S(=O)(=O)O)cc3c2S(=O)(=O)O)nc(Cl)[nH]1. The van der Waals surface area contributed by atoms with Gasteiger partial charge in [-0.15, -0.1) is 0 Å². The van der Waals surface area contributed by atoms with Crippen molar-refractivity contribution in [1.29, 1.82) is 0 Å². The highest BCUT2D eigenvalue weighted by Gasteiger charge is 2.24. The van der Waals surface area contributed by atoms with Crippen molar-refractivity contribution in [3.05, 3.63) is 40.0 Å². The van der Waals surface area contributed by atoms with Gasteiger partial charge in [0, 0.05) is 16.8 Å². The highest BCUT2D eigenvalue weighted by molar-refractivity contribution is 7.86. The van der Waals surface area contributed by atoms with Gasteiger partial charge in [0.2, 0.25) is 11.2 Å². The van der Waals surface area contributed by atoms with Gasteiger partial charge < -0.3 is 10.4 Å². The molecular weight excluding hydrogens is 464 g/mol. The normalized spacial score (nSPS) is 11.6. The second-order valence-electron chi connectivity index (χ2n) is 5.32. The van der Waals surface area contributed by atoms with E-state index in [0.717, 1.165) is 12.1 Å². The van der Waals surface area contributed by atoms with Crippen LogP contribution in [0.25, 0.3) is 10.8 Å². The van der Waals surface area contributed by atoms with Crippen LogP contribution in [0.5, 0.6) is 5.75 Å². The molecule has 162 valence electrons. The number of halogens is 1. The van der Waals surface area contributed by atoms with E-state index >= 15 is 0 Å². The number of H-pyrrole nitrogens is 1. The molecule has 12 nitrogen and oxygen atoms in total. The minimum atomic E-state index is -5.00. The van der Waals surface area contributed by atoms with Gasteiger partial charge in [0.15, 0.2) is 0 Å². The summed E-state index contributed by atoms with van der Waals surface area (Å²) < 4.78 is 65.5. The molecule has 0 amide bonds. The Morgan fingerprint density at radius 3 is 2.17 bits per heavy atom. The molecule has 1 aromatic heterocycles. The Bertz CT molecular complexity index is 1390. The maximum atomic E-state index is 12.0. The molecule has 15 heteroatoms. The Labute approximate surface area is 175 Å². The van der Waals surface area contributed by atoms with Crippen molar-refractivity contribution in [1.82, 2.24) is 15.0 Å². The van der Waals surface area contributed by atoms with Crippen molar-refractivity contribution in [2.75, 3.05) is 5.32 Å². The Balaban J connectivity index is 0.00000155. The first-order valence-electron chi connectivity index (χ1n) is 8.02. The molecule has 3 aromatic rings. The predicted octanol–water partition coefficient (Wildman–Crippen LogP) is 1.94. The molecule has 0 spiro atoms. The number of rotatable bonds is 4. The van der Waals surface area contributed by atoms with Crippen LogP contribution in [0.4, 0.5) is 11.6 Å². The number of nitrogens with one attached hydrogen (secondary N) is 2. The molecule has 0 aliphatic heterocycles. The molecule has 2 aromatic carbocycles. The van der Waals surface area contributed by atoms with E-state index in [1.54, 1.807) is 0 Å². The number of anilines is 2. The average molecular weight is 479 g/mol. The largest absolute Gasteiger partial charge is 0.507 e. The summed E-state index contributed by atoms with van der Waals surface area (Å²) in [5.74, 6) is -1.09. The lowest BCUT2D eigenvalue weighted by Crippen LogP contribution is -2.15. The lowest BCUT2D eigenvalue weighted by Gasteiger charge is -2.13. The quantitative estimate of drug-likeness (QED) is 0.343. The highest BCUT2D eigenvalue weighted by Crippen LogP contribution is 2.37. The molecule has 0 aliphatic carbocycles. The molecule has 3 rings (SSSR count). The third kappa shape index (κ3) is 5.03. The van der Waals surface area contributed by atoms with E-state index in [-0.39, 0.29) is 16.4 Å². The van der Waals surface area contributed by atoms with Crippen molar-refractivity contribution < 1.29 is 31.0 Å². The summed E-state index contributed by atoms with van der Waals surface area (Å²) in [4.78, 5) is 18.8. The van der Waals surface area contributed by atoms with Crippen LogP contribution < -0.4 is 11.0 Å². The van der Waals surface area contributed by atoms with E-state index < -0.39 is 52.8 Å². The van der Waals surface area contributed by atoms with Crippen molar-refractivity contribution in [3.63, 3.8) is 0 Å². The second kappa shape index (κ2) is 8.53. The second-order valence-corrected chi connectivity index (χ2v) is 8.46. The van der Waals surface area contributed by atoms with Gasteiger partial charge in [-0.1, -0.05) is 13.8 Å². The highest BCUT2D eigenvalue weighted by atomic mass is 35.5. The van der Waals surface area contributed by atoms with Gasteiger partial charge in [0.25, 0.3) is 20.2 Å². The number of hydrogen-bond acceptors (Lipinski definition) is 9. The fourth-order valence-electron chi connectivity index (χ4n) is 2.42. The predicted molar refractivity (Wildman–Crippen MR) is 108 cm³/mol. The van der Waals surface area contributed by atoms with E-state index in [1.165, 1.54) is 6.07 Å². The number of hydrogen-bond donors (Lipinski definition) is 5. The smallest absolute Gasteiger partial charge is 0.350 e. The van der Waals surface area contributed by atoms with Crippen LogP contribution in [0.3, 0.4) is 0 Å². The summed E-state index contributed by atoms with van der Waals surface area (Å²) in [6.45, 7) is 4.00. The first-order chi connectivity index (χ1) is 13.9. The molecule has 0 bridgehead atoms. The summed E-state index contributed by atoms with van der Waals surface area (Å²) in [6.07, 6.45) is 0. The molecule has 0 radical (unpaired) electrons. The Hall–Kier alpha value is -2.78. The van der Waals surface area contributed by atoms with Crippen LogP contribution in [-0.2, 0) is 20.2 Å². The van der Waals surface area contributed by atoms with E-state index in [1.807, 2.05) is 13.8 Å². The van der Waals surface area contributed by atoms with E-state index in [2.05, 4.69) is 20.3 Å². The molecule has 1 heterocycles. The molecule has 30 heavy (non-hydrogen) atoms. The summed E-state index contributed by atoms with van der Waals surface area (Å²) >= 11 is 5.59. The van der Waals surface area contributed by atoms with Gasteiger partial charge in [-0.2, -0.15) is 26.8 Å². The minimum absolute atomic E-state index is 0.143. The molecule has 0 fully saturated rings. The summed E-state index contributed by atoms with van der Waals surface area (Å²) in [6, 6.07) is 3.75. The molecule has 5 N–H and O–H groups in total. The Morgan fingerprint density at radius 1 is 1.00 bits per heavy atom. The van der Waals surface area contributed by atoms with Crippen LogP contribution in [-0.4, -0.2) is 46.0 Å². The molecule has 0 atom stereocenters. The summed E-state index contributed by atoms with van der Waals surface area (Å²) in [5.41, 5.74) is -1.26. The zero-order chi connectivity index (χ0) is 22.9. The first-order valence-corrected chi connectivity index (χ1v) is 11.3. The monoisotopic (exact) mass is 478 g/mol. The maximum absolute atomic E-state index is 12.0. The van der Waals surface area contributed by atoms with E-state index in [4.69, 9.17) is 11.6 Å². The third-order valence-electron chi connectivity index (χ3n) is 3.46. The minimum Gasteiger partial charge on any atom is -0.507 e. The molecular formula is C15H15ClN4O8S2. The average Bonchev–Trinajstić information content (AvgIpc) is 2.60. The van der Waals surface area contributed by atoms with Gasteiger partial charge in [-0.05, 0) is 29.8 Å². The zero-order valence-corrected chi connectivity index (χ0v) is 17.7. The number of aromatic amines is 1. The maximum Gasteiger partial charge on any atom is 0.350 e. The fourth-order valence-corrected chi connectivity index (χ4v) is 3.95.